The first kappa shape index (κ1) is 31.7. The molecule has 0 N–H and O–H groups in total. The molecule has 2 rings (SSSR count). The number of ether oxygens (including phenoxy) is 8. The lowest BCUT2D eigenvalue weighted by atomic mass is 9.95. The quantitative estimate of drug-likeness (QED) is 0.102. The van der Waals surface area contributed by atoms with Crippen LogP contribution in [0.5, 0.6) is 23.0 Å². The van der Waals surface area contributed by atoms with E-state index >= 15 is 0 Å². The summed E-state index contributed by atoms with van der Waals surface area (Å²) in [6.45, 7) is 14.1. The molecule has 0 amide bonds. The van der Waals surface area contributed by atoms with E-state index in [1.807, 2.05) is 0 Å². The fraction of sp³-hybridized carbons (Fsp3) is 0.519. The van der Waals surface area contributed by atoms with Gasteiger partial charge in [0.1, 0.15) is 35.2 Å². The zero-order chi connectivity index (χ0) is 28.5. The number of rotatable bonds is 16. The highest BCUT2D eigenvalue weighted by Gasteiger charge is 2.32. The first-order valence-corrected chi connectivity index (χ1v) is 16.2. The van der Waals surface area contributed by atoms with Gasteiger partial charge in [0.2, 0.25) is 0 Å². The molecule has 2 aromatic rings. The summed E-state index contributed by atoms with van der Waals surface area (Å²) in [7, 11) is 3.05. The number of carbonyl (C=O) groups is 1. The lowest BCUT2D eigenvalue weighted by molar-refractivity contribution is 0.0427. The maximum absolute atomic E-state index is 13.6. The average Bonchev–Trinajstić information content (AvgIpc) is 2.85. The number of hydrogen-bond acceptors (Lipinski definition) is 9. The minimum atomic E-state index is -1.44. The van der Waals surface area contributed by atoms with Crippen LogP contribution in [0.3, 0.4) is 0 Å². The highest BCUT2D eigenvalue weighted by molar-refractivity contribution is 6.76. The van der Waals surface area contributed by atoms with Crippen molar-refractivity contribution in [3.05, 3.63) is 34.4 Å². The summed E-state index contributed by atoms with van der Waals surface area (Å²) in [5.74, 6) is 0.660. The number of methoxy groups -OCH3 is 3. The van der Waals surface area contributed by atoms with E-state index in [2.05, 4.69) is 26.2 Å². The minimum absolute atomic E-state index is 0.0469. The number of carbonyl (C=O) groups excluding carboxylic acids is 1. The molecule has 11 heteroatoms. The van der Waals surface area contributed by atoms with Gasteiger partial charge in [0.25, 0.3) is 0 Å². The number of benzene rings is 2. The first-order valence-electron chi connectivity index (χ1n) is 12.1. The van der Waals surface area contributed by atoms with Gasteiger partial charge in [-0.25, -0.2) is 4.79 Å². The van der Waals surface area contributed by atoms with Crippen LogP contribution in [0.4, 0.5) is 0 Å². The highest BCUT2D eigenvalue weighted by Crippen LogP contribution is 2.53. The van der Waals surface area contributed by atoms with Gasteiger partial charge in [0, 0.05) is 40.5 Å². The molecule has 9 nitrogen and oxygen atoms in total. The molecular formula is C27H39ClO9Si. The Balaban J connectivity index is 2.99. The third-order valence-electron chi connectivity index (χ3n) is 5.57. The third kappa shape index (κ3) is 7.54. The van der Waals surface area contributed by atoms with Gasteiger partial charge in [0.05, 0.1) is 22.4 Å². The number of halogens is 1. The second-order valence-corrected chi connectivity index (χ2v) is 15.7. The van der Waals surface area contributed by atoms with Gasteiger partial charge in [-0.2, -0.15) is 0 Å². The van der Waals surface area contributed by atoms with Crippen molar-refractivity contribution in [1.82, 2.24) is 0 Å². The summed E-state index contributed by atoms with van der Waals surface area (Å²) in [5, 5.41) is 1.06. The maximum atomic E-state index is 13.6. The molecule has 2 aromatic carbocycles. The molecule has 0 fully saturated rings. The second kappa shape index (κ2) is 14.6. The minimum Gasteiger partial charge on any atom is -0.488 e. The molecule has 0 bridgehead atoms. The van der Waals surface area contributed by atoms with E-state index in [4.69, 9.17) is 49.5 Å². The van der Waals surface area contributed by atoms with Gasteiger partial charge >= 0.3 is 5.97 Å². The molecule has 212 valence electrons. The van der Waals surface area contributed by atoms with Crippen molar-refractivity contribution < 1.29 is 42.7 Å². The van der Waals surface area contributed by atoms with Gasteiger partial charge in [-0.15, -0.1) is 0 Å². The molecule has 0 aliphatic heterocycles. The van der Waals surface area contributed by atoms with Crippen LogP contribution >= 0.6 is 11.6 Å². The lowest BCUT2D eigenvalue weighted by Crippen LogP contribution is -2.23. The summed E-state index contributed by atoms with van der Waals surface area (Å²) in [5.41, 5.74) is 1.21. The van der Waals surface area contributed by atoms with Gasteiger partial charge in [-0.3, -0.25) is 0 Å². The Kier molecular flexibility index (Phi) is 12.2. The van der Waals surface area contributed by atoms with E-state index in [1.54, 1.807) is 19.9 Å². The summed E-state index contributed by atoms with van der Waals surface area (Å²) < 4.78 is 45.2. The predicted octanol–water partition coefficient (Wildman–Crippen LogP) is 6.12. The van der Waals surface area contributed by atoms with Crippen LogP contribution in [-0.2, 0) is 18.9 Å². The Morgan fingerprint density at radius 2 is 1.34 bits per heavy atom. The van der Waals surface area contributed by atoms with E-state index in [0.717, 1.165) is 6.04 Å². The monoisotopic (exact) mass is 570 g/mol. The molecule has 0 aliphatic carbocycles. The first-order chi connectivity index (χ1) is 18.0. The van der Waals surface area contributed by atoms with Crippen molar-refractivity contribution in [2.75, 3.05) is 54.9 Å². The maximum Gasteiger partial charge on any atom is 0.342 e. The molecule has 0 radical (unpaired) electrons. The van der Waals surface area contributed by atoms with Gasteiger partial charge in [-0.1, -0.05) is 43.9 Å². The molecule has 38 heavy (non-hydrogen) atoms. The third-order valence-corrected chi connectivity index (χ3v) is 7.64. The molecule has 0 aliphatic rings. The molecule has 0 spiro atoms. The second-order valence-electron chi connectivity index (χ2n) is 9.70. The van der Waals surface area contributed by atoms with Crippen LogP contribution in [-0.4, -0.2) is 69.0 Å². The smallest absolute Gasteiger partial charge is 0.342 e. The van der Waals surface area contributed by atoms with Crippen molar-refractivity contribution in [3.8, 4) is 23.0 Å². The average molecular weight is 571 g/mol. The predicted molar refractivity (Wildman–Crippen MR) is 150 cm³/mol. The van der Waals surface area contributed by atoms with Crippen LogP contribution in [0.15, 0.2) is 12.7 Å². The van der Waals surface area contributed by atoms with E-state index in [-0.39, 0.29) is 49.9 Å². The lowest BCUT2D eigenvalue weighted by Gasteiger charge is -2.25. The van der Waals surface area contributed by atoms with Crippen LogP contribution in [0.1, 0.15) is 21.5 Å². The van der Waals surface area contributed by atoms with Crippen molar-refractivity contribution >= 4 is 36.4 Å². The number of fused-ring (bicyclic) bond motifs is 1. The van der Waals surface area contributed by atoms with Crippen molar-refractivity contribution in [2.45, 2.75) is 39.5 Å². The Bertz CT molecular complexity index is 1130. The zero-order valence-electron chi connectivity index (χ0n) is 23.6. The Hall–Kier alpha value is -2.50. The number of hydrogen-bond donors (Lipinski definition) is 0. The summed E-state index contributed by atoms with van der Waals surface area (Å²) in [4.78, 5) is 13.6. The van der Waals surface area contributed by atoms with Gasteiger partial charge in [0.15, 0.2) is 20.4 Å². The summed E-state index contributed by atoms with van der Waals surface area (Å²) in [6, 6.07) is 0.811. The van der Waals surface area contributed by atoms with Crippen molar-refractivity contribution in [1.29, 1.82) is 0 Å². The largest absolute Gasteiger partial charge is 0.488 e. The molecule has 0 aromatic heterocycles. The van der Waals surface area contributed by atoms with Crippen LogP contribution < -0.4 is 18.9 Å². The fourth-order valence-corrected chi connectivity index (χ4v) is 4.85. The van der Waals surface area contributed by atoms with E-state index < -0.39 is 14.0 Å². The van der Waals surface area contributed by atoms with Crippen LogP contribution in [0, 0.1) is 13.8 Å². The Morgan fingerprint density at radius 1 is 0.816 bits per heavy atom. The van der Waals surface area contributed by atoms with Crippen molar-refractivity contribution in [2.24, 2.45) is 0 Å². The van der Waals surface area contributed by atoms with E-state index in [1.165, 1.54) is 21.3 Å². The van der Waals surface area contributed by atoms with E-state index in [9.17, 15) is 4.79 Å². The molecule has 0 heterocycles. The fourth-order valence-electron chi connectivity index (χ4n) is 3.76. The number of esters is 1. The van der Waals surface area contributed by atoms with Gasteiger partial charge < -0.3 is 37.9 Å². The van der Waals surface area contributed by atoms with Crippen LogP contribution in [0.2, 0.25) is 30.7 Å². The zero-order valence-corrected chi connectivity index (χ0v) is 25.3. The standard InChI is InChI=1S/C27H39ClO9Si/c1-10-11-33-24-18(3)25(36-15-31-5)22(28)20-21(24)26(37-16-32-6)19(17(2)23(20)35-14-30-4)27(29)34-12-13-38(7,8)9/h10H,1,11-16H2,2-9H3. The summed E-state index contributed by atoms with van der Waals surface area (Å²) >= 11 is 6.94. The molecule has 0 saturated carbocycles. The highest BCUT2D eigenvalue weighted by atomic mass is 35.5. The van der Waals surface area contributed by atoms with Crippen LogP contribution in [0.25, 0.3) is 10.8 Å². The van der Waals surface area contributed by atoms with Gasteiger partial charge in [-0.05, 0) is 19.9 Å². The molecule has 0 atom stereocenters. The topological polar surface area (TPSA) is 90.9 Å². The Labute approximate surface area is 230 Å². The molecule has 0 unspecified atom stereocenters. The SMILES string of the molecule is C=CCOc1c(C)c(OCOC)c(Cl)c2c(OCOC)c(C)c(C(=O)OCC[Si](C)(C)C)c(OCOC)c12. The van der Waals surface area contributed by atoms with Crippen molar-refractivity contribution in [3.63, 3.8) is 0 Å². The molecular weight excluding hydrogens is 532 g/mol. The summed E-state index contributed by atoms with van der Waals surface area (Å²) in [6.07, 6.45) is 1.60. The van der Waals surface area contributed by atoms with E-state index in [0.29, 0.717) is 39.1 Å². The normalized spacial score (nSPS) is 11.4. The molecule has 0 saturated heterocycles. The Morgan fingerprint density at radius 3 is 1.87 bits per heavy atom.